The normalized spacial score (nSPS) is 20.7. The molecule has 1 saturated heterocycles. The number of hydrogen-bond acceptors (Lipinski definition) is 10. The second-order valence-corrected chi connectivity index (χ2v) is 12.4. The van der Waals surface area contributed by atoms with E-state index in [-0.39, 0.29) is 23.1 Å². The number of ether oxygens (including phenoxy) is 3. The number of aromatic hydroxyl groups is 1. The van der Waals surface area contributed by atoms with Crippen molar-refractivity contribution >= 4 is 11.9 Å². The first-order valence-corrected chi connectivity index (χ1v) is 15.5. The smallest absolute Gasteiger partial charge is 0.324 e. The van der Waals surface area contributed by atoms with Crippen molar-refractivity contribution in [2.75, 3.05) is 40.8 Å². The Hall–Kier alpha value is -2.40. The molecule has 238 valence electrons. The third-order valence-corrected chi connectivity index (χ3v) is 9.64. The van der Waals surface area contributed by atoms with Crippen LogP contribution in [0.4, 0.5) is 0 Å². The Morgan fingerprint density at radius 2 is 1.76 bits per heavy atom. The summed E-state index contributed by atoms with van der Waals surface area (Å²) < 4.78 is 17.7. The average Bonchev–Trinajstić information content (AvgIpc) is 3.46. The van der Waals surface area contributed by atoms with Gasteiger partial charge in [0, 0.05) is 25.3 Å². The molecule has 1 aromatic rings. The highest BCUT2D eigenvalue weighted by Crippen LogP contribution is 2.46. The van der Waals surface area contributed by atoms with E-state index in [9.17, 15) is 19.8 Å². The Bertz CT molecular complexity index is 1010. The minimum Gasteiger partial charge on any atom is -0.504 e. The zero-order valence-electron chi connectivity index (χ0n) is 26.2. The van der Waals surface area contributed by atoms with E-state index in [0.717, 1.165) is 63.6 Å². The van der Waals surface area contributed by atoms with E-state index in [1.165, 1.54) is 14.0 Å². The molecule has 1 aliphatic carbocycles. The minimum absolute atomic E-state index is 0.0707. The molecule has 0 amide bonds. The number of esters is 2. The van der Waals surface area contributed by atoms with Crippen LogP contribution in [-0.2, 0) is 25.5 Å². The van der Waals surface area contributed by atoms with E-state index in [2.05, 4.69) is 16.0 Å². The maximum absolute atomic E-state index is 13.5. The van der Waals surface area contributed by atoms with Gasteiger partial charge in [-0.15, -0.1) is 0 Å². The Kier molecular flexibility index (Phi) is 12.9. The maximum Gasteiger partial charge on any atom is 0.324 e. The molecule has 2 aliphatic rings. The molecular weight excluding hydrogens is 538 g/mol. The molecule has 4 atom stereocenters. The molecule has 3 rings (SSSR count). The lowest BCUT2D eigenvalue weighted by Gasteiger charge is -2.45. The fraction of sp³-hybridized carbons (Fsp3) is 0.750. The van der Waals surface area contributed by atoms with Crippen LogP contribution in [0.15, 0.2) is 18.2 Å². The van der Waals surface area contributed by atoms with Crippen LogP contribution in [0.25, 0.3) is 0 Å². The standard InChI is InChI=1S/C32H53N3O7/c1-22(36)31(11-6-7-12-31)13-10-25(41-23(2)37)19-29(42-30(39)26(34-4)21-33-3)32(14-16-35-17-15-32)20-24-8-9-27(38)28(18-24)40-5/h8-9,18,22,25-26,29,33-36,38H,6-7,10-17,19-21H2,1-5H3/t22-,25+,26-,29+/m0/s1. The summed E-state index contributed by atoms with van der Waals surface area (Å²) in [5.41, 5.74) is 0.356. The van der Waals surface area contributed by atoms with Crippen LogP contribution in [0.3, 0.4) is 0 Å². The second-order valence-electron chi connectivity index (χ2n) is 12.4. The van der Waals surface area contributed by atoms with E-state index in [0.29, 0.717) is 31.6 Å². The number of carbonyl (C=O) groups excluding carboxylic acids is 2. The first kappa shape index (κ1) is 34.1. The lowest BCUT2D eigenvalue weighted by molar-refractivity contribution is -0.166. The molecule has 42 heavy (non-hydrogen) atoms. The van der Waals surface area contributed by atoms with Gasteiger partial charge in [0.25, 0.3) is 0 Å². The number of rotatable bonds is 16. The van der Waals surface area contributed by atoms with Gasteiger partial charge in [0.1, 0.15) is 18.2 Å². The molecular formula is C32H53N3O7. The van der Waals surface area contributed by atoms with E-state index in [4.69, 9.17) is 14.2 Å². The van der Waals surface area contributed by atoms with Crippen molar-refractivity contribution in [1.82, 2.24) is 16.0 Å². The van der Waals surface area contributed by atoms with Crippen LogP contribution in [0, 0.1) is 10.8 Å². The van der Waals surface area contributed by atoms with Crippen LogP contribution < -0.4 is 20.7 Å². The zero-order valence-corrected chi connectivity index (χ0v) is 26.2. The summed E-state index contributed by atoms with van der Waals surface area (Å²) in [6, 6.07) is 4.82. The lowest BCUT2D eigenvalue weighted by atomic mass is 9.68. The summed E-state index contributed by atoms with van der Waals surface area (Å²) in [6.45, 7) is 5.22. The number of benzene rings is 1. The molecule has 1 heterocycles. The third-order valence-electron chi connectivity index (χ3n) is 9.64. The van der Waals surface area contributed by atoms with Crippen molar-refractivity contribution in [3.63, 3.8) is 0 Å². The Morgan fingerprint density at radius 1 is 1.07 bits per heavy atom. The van der Waals surface area contributed by atoms with Crippen molar-refractivity contribution in [2.45, 2.75) is 102 Å². The number of phenolic OH excluding ortho intramolecular Hbond substituents is 1. The fourth-order valence-electron chi connectivity index (χ4n) is 7.03. The molecule has 1 saturated carbocycles. The third kappa shape index (κ3) is 8.81. The van der Waals surface area contributed by atoms with Gasteiger partial charge in [-0.1, -0.05) is 18.9 Å². The van der Waals surface area contributed by atoms with Gasteiger partial charge in [0.15, 0.2) is 11.5 Å². The van der Waals surface area contributed by atoms with Crippen LogP contribution in [0.2, 0.25) is 0 Å². The van der Waals surface area contributed by atoms with E-state index in [1.54, 1.807) is 20.2 Å². The monoisotopic (exact) mass is 591 g/mol. The van der Waals surface area contributed by atoms with E-state index < -0.39 is 29.8 Å². The number of phenols is 1. The summed E-state index contributed by atoms with van der Waals surface area (Å²) in [4.78, 5) is 25.8. The molecule has 0 bridgehead atoms. The topological polar surface area (TPSA) is 138 Å². The van der Waals surface area contributed by atoms with Crippen molar-refractivity contribution in [1.29, 1.82) is 0 Å². The molecule has 1 aromatic carbocycles. The number of aliphatic hydroxyl groups is 1. The number of likely N-dealkylation sites (N-methyl/N-ethyl adjacent to an activating group) is 2. The van der Waals surface area contributed by atoms with Crippen LogP contribution in [0.5, 0.6) is 11.5 Å². The summed E-state index contributed by atoms with van der Waals surface area (Å²) in [7, 11) is 5.05. The molecule has 0 spiro atoms. The predicted octanol–water partition coefficient (Wildman–Crippen LogP) is 3.08. The van der Waals surface area contributed by atoms with Crippen LogP contribution in [0.1, 0.15) is 77.2 Å². The first-order valence-electron chi connectivity index (χ1n) is 15.5. The fourth-order valence-corrected chi connectivity index (χ4v) is 7.03. The maximum atomic E-state index is 13.5. The Balaban J connectivity index is 1.97. The number of piperidine rings is 1. The summed E-state index contributed by atoms with van der Waals surface area (Å²) in [5.74, 6) is -0.252. The number of aliphatic hydroxyl groups excluding tert-OH is 1. The number of nitrogens with one attached hydrogen (secondary N) is 3. The summed E-state index contributed by atoms with van der Waals surface area (Å²) in [5, 5.41) is 30.4. The highest BCUT2D eigenvalue weighted by Gasteiger charge is 2.45. The predicted molar refractivity (Wildman–Crippen MR) is 162 cm³/mol. The highest BCUT2D eigenvalue weighted by atomic mass is 16.6. The van der Waals surface area contributed by atoms with Crippen molar-refractivity contribution in [3.05, 3.63) is 23.8 Å². The molecule has 0 unspecified atom stereocenters. The molecule has 10 heteroatoms. The van der Waals surface area contributed by atoms with Crippen LogP contribution in [-0.4, -0.2) is 87.3 Å². The van der Waals surface area contributed by atoms with E-state index >= 15 is 0 Å². The van der Waals surface area contributed by atoms with Gasteiger partial charge in [0.2, 0.25) is 0 Å². The Morgan fingerprint density at radius 3 is 2.33 bits per heavy atom. The lowest BCUT2D eigenvalue weighted by Crippen LogP contribution is -2.52. The van der Waals surface area contributed by atoms with Crippen molar-refractivity contribution in [3.8, 4) is 11.5 Å². The number of hydrogen-bond donors (Lipinski definition) is 5. The minimum atomic E-state index is -0.533. The first-order chi connectivity index (χ1) is 20.1. The Labute approximate surface area is 251 Å². The van der Waals surface area contributed by atoms with Gasteiger partial charge in [-0.05, 0) is 102 Å². The van der Waals surface area contributed by atoms with Gasteiger partial charge < -0.3 is 40.4 Å². The van der Waals surface area contributed by atoms with Gasteiger partial charge >= 0.3 is 11.9 Å². The average molecular weight is 592 g/mol. The van der Waals surface area contributed by atoms with Crippen molar-refractivity contribution < 1.29 is 34.0 Å². The largest absolute Gasteiger partial charge is 0.504 e. The molecule has 1 aliphatic heterocycles. The van der Waals surface area contributed by atoms with Crippen LogP contribution >= 0.6 is 0 Å². The molecule has 5 N–H and O–H groups in total. The number of carbonyl (C=O) groups is 2. The van der Waals surface area contributed by atoms with Gasteiger partial charge in [-0.25, -0.2) is 0 Å². The summed E-state index contributed by atoms with van der Waals surface area (Å²) in [6.07, 6.45) is 6.48. The molecule has 2 fully saturated rings. The SMILES string of the molecule is CNC[C@H](NC)C(=O)O[C@H](C[C@@H](CCC1([C@H](C)O)CCCC1)OC(C)=O)C1(Cc2ccc(O)c(OC)c2)CCNCC1. The molecule has 10 nitrogen and oxygen atoms in total. The number of methoxy groups -OCH3 is 1. The molecule has 0 aromatic heterocycles. The van der Waals surface area contributed by atoms with Crippen molar-refractivity contribution in [2.24, 2.45) is 10.8 Å². The zero-order chi connectivity index (χ0) is 30.8. The van der Waals surface area contributed by atoms with Gasteiger partial charge in [-0.3, -0.25) is 9.59 Å². The quantitative estimate of drug-likeness (QED) is 0.182. The summed E-state index contributed by atoms with van der Waals surface area (Å²) >= 11 is 0. The second kappa shape index (κ2) is 15.9. The molecule has 0 radical (unpaired) electrons. The van der Waals surface area contributed by atoms with Gasteiger partial charge in [-0.2, -0.15) is 0 Å². The highest BCUT2D eigenvalue weighted by molar-refractivity contribution is 5.76. The van der Waals surface area contributed by atoms with E-state index in [1.807, 2.05) is 19.1 Å². The van der Waals surface area contributed by atoms with Gasteiger partial charge in [0.05, 0.1) is 13.2 Å².